The number of hydrogen-bond donors (Lipinski definition) is 0. The van der Waals surface area contributed by atoms with Crippen LogP contribution in [0.3, 0.4) is 0 Å². The third-order valence-electron chi connectivity index (χ3n) is 5.07. The maximum atomic E-state index is 13.2. The third kappa shape index (κ3) is 5.04. The summed E-state index contributed by atoms with van der Waals surface area (Å²) in [4.78, 5) is 28.7. The van der Waals surface area contributed by atoms with Crippen molar-refractivity contribution in [1.82, 2.24) is 9.80 Å². The van der Waals surface area contributed by atoms with Crippen LogP contribution in [-0.2, 0) is 11.2 Å². The summed E-state index contributed by atoms with van der Waals surface area (Å²) in [5.41, 5.74) is 1.33. The number of amides is 2. The van der Waals surface area contributed by atoms with E-state index >= 15 is 0 Å². The Bertz CT molecular complexity index is 879. The molecule has 1 aliphatic rings. The van der Waals surface area contributed by atoms with E-state index in [1.165, 1.54) is 19.2 Å². The van der Waals surface area contributed by atoms with Crippen molar-refractivity contribution in [3.05, 3.63) is 59.4 Å². The van der Waals surface area contributed by atoms with E-state index in [4.69, 9.17) is 9.47 Å². The van der Waals surface area contributed by atoms with Gasteiger partial charge >= 0.3 is 0 Å². The highest BCUT2D eigenvalue weighted by atomic mass is 19.1. The van der Waals surface area contributed by atoms with Gasteiger partial charge in [-0.05, 0) is 42.3 Å². The van der Waals surface area contributed by atoms with Crippen LogP contribution in [0.25, 0.3) is 0 Å². The zero-order chi connectivity index (χ0) is 20.8. The molecular weight excluding hydrogens is 375 g/mol. The molecule has 6 nitrogen and oxygen atoms in total. The van der Waals surface area contributed by atoms with E-state index in [0.29, 0.717) is 56.1 Å². The van der Waals surface area contributed by atoms with Gasteiger partial charge in [-0.1, -0.05) is 12.1 Å². The van der Waals surface area contributed by atoms with Crippen molar-refractivity contribution in [2.45, 2.75) is 12.8 Å². The molecule has 0 bridgehead atoms. The molecule has 1 saturated heterocycles. The standard InChI is InChI=1S/C22H25FN2O4/c1-28-19-8-7-17(15-20(19)29-2)22(27)25-12-10-24(11-13-25)21(26)9-6-16-4-3-5-18(23)14-16/h3-5,7-8,14-15H,6,9-13H2,1-2H3. The molecule has 2 aromatic carbocycles. The molecule has 29 heavy (non-hydrogen) atoms. The lowest BCUT2D eigenvalue weighted by molar-refractivity contribution is -0.132. The molecule has 2 aromatic rings. The van der Waals surface area contributed by atoms with E-state index < -0.39 is 0 Å². The Morgan fingerprint density at radius 2 is 1.62 bits per heavy atom. The molecule has 0 aliphatic carbocycles. The molecule has 154 valence electrons. The maximum Gasteiger partial charge on any atom is 0.254 e. The molecule has 0 spiro atoms. The Balaban J connectivity index is 1.53. The highest BCUT2D eigenvalue weighted by molar-refractivity contribution is 5.95. The van der Waals surface area contributed by atoms with Gasteiger partial charge in [-0.25, -0.2) is 4.39 Å². The predicted molar refractivity (Wildman–Crippen MR) is 107 cm³/mol. The zero-order valence-electron chi connectivity index (χ0n) is 16.7. The normalized spacial score (nSPS) is 13.9. The van der Waals surface area contributed by atoms with Crippen LogP contribution in [0.2, 0.25) is 0 Å². The van der Waals surface area contributed by atoms with Gasteiger partial charge in [0.2, 0.25) is 5.91 Å². The van der Waals surface area contributed by atoms with Gasteiger partial charge in [0.15, 0.2) is 11.5 Å². The Morgan fingerprint density at radius 1 is 0.931 bits per heavy atom. The molecule has 1 heterocycles. The van der Waals surface area contributed by atoms with E-state index in [1.807, 2.05) is 6.07 Å². The van der Waals surface area contributed by atoms with Crippen molar-refractivity contribution in [1.29, 1.82) is 0 Å². The Kier molecular flexibility index (Phi) is 6.69. The molecule has 7 heteroatoms. The van der Waals surface area contributed by atoms with Gasteiger partial charge in [0.1, 0.15) is 5.82 Å². The second kappa shape index (κ2) is 9.41. The molecule has 0 saturated carbocycles. The molecule has 0 atom stereocenters. The molecule has 0 unspecified atom stereocenters. The number of methoxy groups -OCH3 is 2. The number of benzene rings is 2. The molecule has 1 aliphatic heterocycles. The average Bonchev–Trinajstić information content (AvgIpc) is 2.76. The summed E-state index contributed by atoms with van der Waals surface area (Å²) in [6, 6.07) is 11.4. The van der Waals surface area contributed by atoms with Gasteiger partial charge in [-0.2, -0.15) is 0 Å². The number of carbonyl (C=O) groups excluding carboxylic acids is 2. The van der Waals surface area contributed by atoms with Gasteiger partial charge in [-0.15, -0.1) is 0 Å². The molecule has 3 rings (SSSR count). The summed E-state index contributed by atoms with van der Waals surface area (Å²) in [6.07, 6.45) is 0.828. The van der Waals surface area contributed by atoms with Crippen molar-refractivity contribution in [2.24, 2.45) is 0 Å². The minimum atomic E-state index is -0.294. The molecule has 1 fully saturated rings. The molecule has 0 radical (unpaired) electrons. The molecular formula is C22H25FN2O4. The fraction of sp³-hybridized carbons (Fsp3) is 0.364. The minimum absolute atomic E-state index is 0.0208. The molecule has 0 aromatic heterocycles. The lowest BCUT2D eigenvalue weighted by atomic mass is 10.1. The number of carbonyl (C=O) groups is 2. The highest BCUT2D eigenvalue weighted by Crippen LogP contribution is 2.28. The lowest BCUT2D eigenvalue weighted by Gasteiger charge is -2.35. The van der Waals surface area contributed by atoms with E-state index in [2.05, 4.69) is 0 Å². The average molecular weight is 400 g/mol. The largest absolute Gasteiger partial charge is 0.493 e. The first kappa shape index (κ1) is 20.6. The van der Waals surface area contributed by atoms with Gasteiger partial charge < -0.3 is 19.3 Å². The molecule has 0 N–H and O–H groups in total. The van der Waals surface area contributed by atoms with Crippen molar-refractivity contribution < 1.29 is 23.5 Å². The van der Waals surface area contributed by atoms with Crippen molar-refractivity contribution in [2.75, 3.05) is 40.4 Å². The van der Waals surface area contributed by atoms with E-state index in [1.54, 1.807) is 41.2 Å². The van der Waals surface area contributed by atoms with Crippen LogP contribution >= 0.6 is 0 Å². The number of halogens is 1. The number of rotatable bonds is 6. The highest BCUT2D eigenvalue weighted by Gasteiger charge is 2.25. The van der Waals surface area contributed by atoms with Crippen molar-refractivity contribution in [3.63, 3.8) is 0 Å². The third-order valence-corrected chi connectivity index (χ3v) is 5.07. The second-order valence-electron chi connectivity index (χ2n) is 6.87. The van der Waals surface area contributed by atoms with Gasteiger partial charge in [0, 0.05) is 38.2 Å². The van der Waals surface area contributed by atoms with Gasteiger partial charge in [0.25, 0.3) is 5.91 Å². The summed E-state index contributed by atoms with van der Waals surface area (Å²) >= 11 is 0. The van der Waals surface area contributed by atoms with Crippen LogP contribution in [-0.4, -0.2) is 62.0 Å². The van der Waals surface area contributed by atoms with Gasteiger partial charge in [0.05, 0.1) is 14.2 Å². The Morgan fingerprint density at radius 3 is 2.28 bits per heavy atom. The maximum absolute atomic E-state index is 13.2. The SMILES string of the molecule is COc1ccc(C(=O)N2CCN(C(=O)CCc3cccc(F)c3)CC2)cc1OC. The summed E-state index contributed by atoms with van der Waals surface area (Å²) in [5, 5.41) is 0. The topological polar surface area (TPSA) is 59.1 Å². The quantitative estimate of drug-likeness (QED) is 0.748. The first-order valence-corrected chi connectivity index (χ1v) is 9.55. The fourth-order valence-corrected chi connectivity index (χ4v) is 3.41. The summed E-state index contributed by atoms with van der Waals surface area (Å²) in [7, 11) is 3.07. The smallest absolute Gasteiger partial charge is 0.254 e. The second-order valence-corrected chi connectivity index (χ2v) is 6.87. The number of piperazine rings is 1. The van der Waals surface area contributed by atoms with E-state index in [0.717, 1.165) is 5.56 Å². The summed E-state index contributed by atoms with van der Waals surface area (Å²) in [5.74, 6) is 0.699. The van der Waals surface area contributed by atoms with Crippen LogP contribution in [0.15, 0.2) is 42.5 Å². The Labute approximate surface area is 169 Å². The number of hydrogen-bond acceptors (Lipinski definition) is 4. The number of nitrogens with zero attached hydrogens (tertiary/aromatic N) is 2. The van der Waals surface area contributed by atoms with Crippen LogP contribution < -0.4 is 9.47 Å². The van der Waals surface area contributed by atoms with Crippen LogP contribution in [0.4, 0.5) is 4.39 Å². The first-order valence-electron chi connectivity index (χ1n) is 9.55. The monoisotopic (exact) mass is 400 g/mol. The molecule has 2 amide bonds. The van der Waals surface area contributed by atoms with Gasteiger partial charge in [-0.3, -0.25) is 9.59 Å². The van der Waals surface area contributed by atoms with Crippen LogP contribution in [0, 0.1) is 5.82 Å². The zero-order valence-corrected chi connectivity index (χ0v) is 16.7. The first-order chi connectivity index (χ1) is 14.0. The van der Waals surface area contributed by atoms with E-state index in [9.17, 15) is 14.0 Å². The minimum Gasteiger partial charge on any atom is -0.493 e. The number of ether oxygens (including phenoxy) is 2. The lowest BCUT2D eigenvalue weighted by Crippen LogP contribution is -2.50. The van der Waals surface area contributed by atoms with E-state index in [-0.39, 0.29) is 17.6 Å². The van der Waals surface area contributed by atoms with Crippen LogP contribution in [0.5, 0.6) is 11.5 Å². The predicted octanol–water partition coefficient (Wildman–Crippen LogP) is 2.76. The summed E-state index contributed by atoms with van der Waals surface area (Å²) in [6.45, 7) is 1.92. The fourth-order valence-electron chi connectivity index (χ4n) is 3.41. The van der Waals surface area contributed by atoms with Crippen LogP contribution in [0.1, 0.15) is 22.3 Å². The summed E-state index contributed by atoms with van der Waals surface area (Å²) < 4.78 is 23.7. The Hall–Kier alpha value is -3.09. The van der Waals surface area contributed by atoms with Crippen molar-refractivity contribution >= 4 is 11.8 Å². The number of aryl methyl sites for hydroxylation is 1. The van der Waals surface area contributed by atoms with Crippen molar-refractivity contribution in [3.8, 4) is 11.5 Å².